The Balaban J connectivity index is 2.91. The van der Waals surface area contributed by atoms with Gasteiger partial charge in [0.1, 0.15) is 49.0 Å². The van der Waals surface area contributed by atoms with Crippen LogP contribution in [0.5, 0.6) is 5.75 Å². The minimum Gasteiger partial charge on any atom is -0.492 e. The molecule has 0 saturated heterocycles. The second kappa shape index (κ2) is 16.7. The monoisotopic (exact) mass is 539 g/mol. The number of rotatable bonds is 18. The molecule has 1 aromatic rings. The third-order valence-electron chi connectivity index (χ3n) is 5.95. The average Bonchev–Trinajstić information content (AvgIpc) is 2.89. The van der Waals surface area contributed by atoms with Crippen LogP contribution in [-0.2, 0) is 12.2 Å². The van der Waals surface area contributed by atoms with E-state index in [1.54, 1.807) is 6.07 Å². The molecule has 0 fully saturated rings. The van der Waals surface area contributed by atoms with Crippen molar-refractivity contribution in [3.8, 4) is 5.75 Å². The number of aliphatic hydroxyl groups is 10. The van der Waals surface area contributed by atoms with E-state index in [0.717, 1.165) is 17.5 Å². The van der Waals surface area contributed by atoms with Crippen LogP contribution in [0.1, 0.15) is 18.1 Å². The zero-order valence-corrected chi connectivity index (χ0v) is 21.2. The maximum absolute atomic E-state index is 10.4. The summed E-state index contributed by atoms with van der Waals surface area (Å²) in [6.07, 6.45) is -13.2. The van der Waals surface area contributed by atoms with E-state index in [9.17, 15) is 40.9 Å². The number of nitrogens with zero attached hydrogens (tertiary/aromatic N) is 1. The molecule has 12 nitrogen and oxygen atoms in total. The Kier molecular flexibility index (Phi) is 15.3. The first-order valence-corrected chi connectivity index (χ1v) is 12.4. The fraction of sp³-hybridized carbons (Fsp3) is 0.739. The number of aliphatic hydroxyl groups excluding tert-OH is 10. The molecule has 10 N–H and O–H groups in total. The summed E-state index contributed by atoms with van der Waals surface area (Å²) in [5, 5.41) is 97.7. The molecule has 0 saturated carbocycles. The van der Waals surface area contributed by atoms with E-state index >= 15 is 0 Å². The van der Waals surface area contributed by atoms with Crippen molar-refractivity contribution in [1.29, 1.82) is 0 Å². The van der Waals surface area contributed by atoms with E-state index in [0.29, 0.717) is 11.5 Å². The van der Waals surface area contributed by atoms with Gasteiger partial charge in [0.15, 0.2) is 0 Å². The zero-order valence-electron chi connectivity index (χ0n) is 20.3. The number of aryl methyl sites for hydroxylation is 1. The van der Waals surface area contributed by atoms with Crippen LogP contribution in [0, 0.1) is 0 Å². The van der Waals surface area contributed by atoms with Gasteiger partial charge in [0.25, 0.3) is 0 Å². The summed E-state index contributed by atoms with van der Waals surface area (Å²) in [6.45, 7) is -0.290. The van der Waals surface area contributed by atoms with Gasteiger partial charge >= 0.3 is 0 Å². The first-order chi connectivity index (χ1) is 17.0. The summed E-state index contributed by atoms with van der Waals surface area (Å²) in [7, 11) is 0. The summed E-state index contributed by atoms with van der Waals surface area (Å²) >= 11 is 4.32. The standard InChI is InChI=1S/C23H41NO11S/c1-2-13-3-4-15(7-14(13)12-36)35-6-5-24(8-16(27)20(31)22(33)18(29)10-25)9-17(28)21(32)23(34)19(30)11-26/h3-4,7,16-23,25-34,36H,2,5-6,8-12H2,1H3/t16-,17-,18-,19-,20-,21-,22-,23-/m1/s1. The highest BCUT2D eigenvalue weighted by Gasteiger charge is 2.34. The molecule has 1 aromatic carbocycles. The summed E-state index contributed by atoms with van der Waals surface area (Å²) in [5.74, 6) is 1.07. The molecule has 0 bridgehead atoms. The molecule has 1 rings (SSSR count). The largest absolute Gasteiger partial charge is 0.492 e. The van der Waals surface area contributed by atoms with E-state index in [1.807, 2.05) is 19.1 Å². The molecular formula is C23H41NO11S. The predicted octanol–water partition coefficient (Wildman–Crippen LogP) is -3.77. The van der Waals surface area contributed by atoms with E-state index in [1.165, 1.54) is 4.90 Å². The SMILES string of the molecule is CCc1ccc(OCCN(C[C@@H](O)[C@@H](O)[C@H](O)[C@H](O)CO)C[C@@H](O)[C@@H](O)[C@H](O)[C@H](O)CO)cc1CS. The van der Waals surface area contributed by atoms with Crippen molar-refractivity contribution >= 4 is 12.6 Å². The molecule has 0 amide bonds. The van der Waals surface area contributed by atoms with Crippen LogP contribution in [0.3, 0.4) is 0 Å². The minimum atomic E-state index is -1.85. The lowest BCUT2D eigenvalue weighted by molar-refractivity contribution is -0.130. The molecule has 0 aromatic heterocycles. The van der Waals surface area contributed by atoms with E-state index < -0.39 is 62.0 Å². The van der Waals surface area contributed by atoms with Gasteiger partial charge in [-0.15, -0.1) is 0 Å². The molecule has 36 heavy (non-hydrogen) atoms. The van der Waals surface area contributed by atoms with Gasteiger partial charge < -0.3 is 55.8 Å². The highest BCUT2D eigenvalue weighted by atomic mass is 32.1. The Morgan fingerprint density at radius 1 is 0.750 bits per heavy atom. The predicted molar refractivity (Wildman–Crippen MR) is 133 cm³/mol. The number of benzene rings is 1. The lowest BCUT2D eigenvalue weighted by Gasteiger charge is -2.33. The van der Waals surface area contributed by atoms with Gasteiger partial charge in [-0.2, -0.15) is 12.6 Å². The third-order valence-corrected chi connectivity index (χ3v) is 6.29. The molecule has 0 heterocycles. The smallest absolute Gasteiger partial charge is 0.119 e. The minimum absolute atomic E-state index is 0.0484. The van der Waals surface area contributed by atoms with Gasteiger partial charge in [0.2, 0.25) is 0 Å². The quantitative estimate of drug-likeness (QED) is 0.0811. The Bertz CT molecular complexity index is 716. The van der Waals surface area contributed by atoms with Crippen LogP contribution in [0.2, 0.25) is 0 Å². The fourth-order valence-electron chi connectivity index (χ4n) is 3.61. The Morgan fingerprint density at radius 2 is 1.22 bits per heavy atom. The van der Waals surface area contributed by atoms with Gasteiger partial charge in [0, 0.05) is 25.4 Å². The first-order valence-electron chi connectivity index (χ1n) is 11.7. The van der Waals surface area contributed by atoms with Gasteiger partial charge in [-0.1, -0.05) is 13.0 Å². The van der Waals surface area contributed by atoms with Gasteiger partial charge in [-0.25, -0.2) is 0 Å². The maximum Gasteiger partial charge on any atom is 0.119 e. The number of ether oxygens (including phenoxy) is 1. The van der Waals surface area contributed by atoms with Crippen molar-refractivity contribution in [2.75, 3.05) is 39.5 Å². The summed E-state index contributed by atoms with van der Waals surface area (Å²) < 4.78 is 5.76. The van der Waals surface area contributed by atoms with Crippen LogP contribution in [0.4, 0.5) is 0 Å². The lowest BCUT2D eigenvalue weighted by Crippen LogP contribution is -2.53. The first kappa shape index (κ1) is 33.0. The van der Waals surface area contributed by atoms with Crippen molar-refractivity contribution in [3.05, 3.63) is 29.3 Å². The van der Waals surface area contributed by atoms with E-state index in [-0.39, 0.29) is 26.2 Å². The van der Waals surface area contributed by atoms with Gasteiger partial charge in [-0.3, -0.25) is 4.90 Å². The van der Waals surface area contributed by atoms with Crippen molar-refractivity contribution in [2.45, 2.75) is 67.9 Å². The second-order valence-electron chi connectivity index (χ2n) is 8.65. The Hall–Kier alpha value is -1.07. The van der Waals surface area contributed by atoms with Crippen LogP contribution in [0.25, 0.3) is 0 Å². The second-order valence-corrected chi connectivity index (χ2v) is 8.96. The molecule has 0 aliphatic carbocycles. The molecule has 13 heteroatoms. The average molecular weight is 540 g/mol. The summed E-state index contributed by atoms with van der Waals surface area (Å²) in [5.41, 5.74) is 2.13. The third kappa shape index (κ3) is 10.0. The highest BCUT2D eigenvalue weighted by molar-refractivity contribution is 7.79. The Morgan fingerprint density at radius 3 is 1.64 bits per heavy atom. The molecular weight excluding hydrogens is 498 g/mol. The number of thiol groups is 1. The van der Waals surface area contributed by atoms with E-state index in [4.69, 9.17) is 14.9 Å². The van der Waals surface area contributed by atoms with Crippen molar-refractivity contribution < 1.29 is 55.8 Å². The molecule has 8 atom stereocenters. The molecule has 0 unspecified atom stereocenters. The number of hydrogen-bond acceptors (Lipinski definition) is 13. The van der Waals surface area contributed by atoms with Crippen LogP contribution < -0.4 is 4.74 Å². The van der Waals surface area contributed by atoms with Crippen LogP contribution >= 0.6 is 12.6 Å². The topological polar surface area (TPSA) is 215 Å². The lowest BCUT2D eigenvalue weighted by atomic mass is 10.0. The summed E-state index contributed by atoms with van der Waals surface area (Å²) in [4.78, 5) is 1.37. The summed E-state index contributed by atoms with van der Waals surface area (Å²) in [6, 6.07) is 5.54. The zero-order chi connectivity index (χ0) is 27.4. The van der Waals surface area contributed by atoms with Gasteiger partial charge in [0.05, 0.1) is 25.4 Å². The number of hydrogen-bond donors (Lipinski definition) is 11. The van der Waals surface area contributed by atoms with Crippen molar-refractivity contribution in [2.24, 2.45) is 0 Å². The molecule has 0 spiro atoms. The maximum atomic E-state index is 10.4. The normalized spacial score (nSPS) is 18.8. The Labute approximate surface area is 216 Å². The molecule has 0 aliphatic rings. The highest BCUT2D eigenvalue weighted by Crippen LogP contribution is 2.20. The van der Waals surface area contributed by atoms with Crippen molar-refractivity contribution in [1.82, 2.24) is 4.90 Å². The van der Waals surface area contributed by atoms with Gasteiger partial charge in [-0.05, 0) is 29.7 Å². The fourth-order valence-corrected chi connectivity index (χ4v) is 3.90. The van der Waals surface area contributed by atoms with Crippen LogP contribution in [-0.4, -0.2) is 144 Å². The molecule has 0 radical (unpaired) electrons. The molecule has 0 aliphatic heterocycles. The van der Waals surface area contributed by atoms with Crippen molar-refractivity contribution in [3.63, 3.8) is 0 Å². The van der Waals surface area contributed by atoms with Crippen LogP contribution in [0.15, 0.2) is 18.2 Å². The van der Waals surface area contributed by atoms with E-state index in [2.05, 4.69) is 12.6 Å². The molecule has 210 valence electrons.